The second-order valence-electron chi connectivity index (χ2n) is 4.67. The highest BCUT2D eigenvalue weighted by molar-refractivity contribution is 7.41. The van der Waals surface area contributed by atoms with Gasteiger partial charge in [-0.05, 0) is 31.2 Å². The van der Waals surface area contributed by atoms with Crippen LogP contribution in [0.15, 0.2) is 54.6 Å². The normalized spacial score (nSPS) is 12.9. The van der Waals surface area contributed by atoms with E-state index in [1.54, 1.807) is 42.5 Å². The van der Waals surface area contributed by atoms with Crippen LogP contribution in [0.4, 0.5) is 13.2 Å². The number of aryl methyl sites for hydroxylation is 1. The Morgan fingerprint density at radius 1 is 0.900 bits per heavy atom. The van der Waals surface area contributed by atoms with Gasteiger partial charge in [-0.25, -0.2) is 0 Å². The number of hydrogen-bond acceptors (Lipinski definition) is 0. The third-order valence-corrected chi connectivity index (χ3v) is 5.25. The van der Waals surface area contributed by atoms with E-state index in [0.29, 0.717) is 20.5 Å². The molecule has 0 aliphatic carbocycles. The number of rotatable bonds is 1. The zero-order chi connectivity index (χ0) is 14.3. The van der Waals surface area contributed by atoms with Gasteiger partial charge in [-0.2, -0.15) is 0 Å². The fraction of sp³-hybridized carbons (Fsp3) is 0.125. The molecule has 1 heterocycles. The summed E-state index contributed by atoms with van der Waals surface area (Å²) >= 11 is 0. The van der Waals surface area contributed by atoms with Crippen molar-refractivity contribution in [3.05, 3.63) is 60.2 Å². The van der Waals surface area contributed by atoms with E-state index in [9.17, 15) is 13.2 Å². The molecule has 0 saturated carbocycles. The van der Waals surface area contributed by atoms with Gasteiger partial charge >= 0.3 is 5.51 Å². The Morgan fingerprint density at radius 2 is 1.60 bits per heavy atom. The summed E-state index contributed by atoms with van der Waals surface area (Å²) < 4.78 is 40.7. The van der Waals surface area contributed by atoms with E-state index in [1.807, 2.05) is 19.1 Å². The van der Waals surface area contributed by atoms with E-state index >= 15 is 0 Å². The average molecular weight is 293 g/mol. The highest BCUT2D eigenvalue weighted by Crippen LogP contribution is 2.54. The van der Waals surface area contributed by atoms with Gasteiger partial charge in [0.1, 0.15) is 10.5 Å². The van der Waals surface area contributed by atoms with Gasteiger partial charge in [0.05, 0.1) is 0 Å². The average Bonchev–Trinajstić information content (AvgIpc) is 2.78. The van der Waals surface area contributed by atoms with Gasteiger partial charge in [0, 0.05) is 17.0 Å². The van der Waals surface area contributed by atoms with Crippen LogP contribution in [0.2, 0.25) is 0 Å². The summed E-state index contributed by atoms with van der Waals surface area (Å²) in [5, 5.41) is 0.685. The number of fused-ring (bicyclic) bond motifs is 1. The Morgan fingerprint density at radius 3 is 2.25 bits per heavy atom. The van der Waals surface area contributed by atoms with Crippen LogP contribution < -0.4 is 0 Å². The highest BCUT2D eigenvalue weighted by Gasteiger charge is 2.48. The van der Waals surface area contributed by atoms with E-state index in [1.165, 1.54) is 0 Å². The zero-order valence-corrected chi connectivity index (χ0v) is 11.6. The molecule has 3 aromatic rings. The standard InChI is InChI=1S/C16H12F3S/c1-11-7-8-14-13(9-11)10-15(20(14)16(17,18)19)12-5-3-2-4-6-12/h2-10H,1H3/q+1. The predicted molar refractivity (Wildman–Crippen MR) is 77.9 cm³/mol. The minimum absolute atomic E-state index is 0.360. The quantitative estimate of drug-likeness (QED) is 0.480. The molecule has 1 atom stereocenters. The van der Waals surface area contributed by atoms with E-state index < -0.39 is 16.0 Å². The smallest absolute Gasteiger partial charge is 0.118 e. The van der Waals surface area contributed by atoms with Crippen LogP contribution in [0.5, 0.6) is 0 Å². The van der Waals surface area contributed by atoms with Gasteiger partial charge in [-0.1, -0.05) is 29.8 Å². The topological polar surface area (TPSA) is 0 Å². The summed E-state index contributed by atoms with van der Waals surface area (Å²) in [7, 11) is -1.86. The van der Waals surface area contributed by atoms with Gasteiger partial charge in [-0.15, -0.1) is 13.2 Å². The molecule has 0 nitrogen and oxygen atoms in total. The minimum Gasteiger partial charge on any atom is -0.118 e. The lowest BCUT2D eigenvalue weighted by atomic mass is 10.1. The number of alkyl halides is 3. The van der Waals surface area contributed by atoms with Crippen molar-refractivity contribution in [1.82, 2.24) is 0 Å². The third kappa shape index (κ3) is 2.20. The summed E-state index contributed by atoms with van der Waals surface area (Å²) in [6, 6.07) is 15.6. The highest BCUT2D eigenvalue weighted by atomic mass is 32.2. The Kier molecular flexibility index (Phi) is 3.05. The molecular weight excluding hydrogens is 281 g/mol. The number of halogens is 3. The van der Waals surface area contributed by atoms with E-state index in [4.69, 9.17) is 0 Å². The van der Waals surface area contributed by atoms with Crippen LogP contribution in [0.3, 0.4) is 0 Å². The SMILES string of the molecule is Cc1ccc2c(c1)cc(-c1ccccc1)[s+]2C(F)(F)F. The summed E-state index contributed by atoms with van der Waals surface area (Å²) in [5.74, 6) is 0. The molecule has 20 heavy (non-hydrogen) atoms. The Bertz CT molecular complexity index is 754. The molecule has 0 saturated heterocycles. The molecule has 0 radical (unpaired) electrons. The van der Waals surface area contributed by atoms with Crippen LogP contribution in [-0.4, -0.2) is 0 Å². The van der Waals surface area contributed by atoms with Gasteiger partial charge in [0.25, 0.3) is 0 Å². The Hall–Kier alpha value is -1.81. The first kappa shape index (κ1) is 13.2. The molecule has 0 spiro atoms. The third-order valence-electron chi connectivity index (χ3n) is 3.18. The summed E-state index contributed by atoms with van der Waals surface area (Å²) in [5.41, 5.74) is -2.63. The maximum absolute atomic E-state index is 13.4. The van der Waals surface area contributed by atoms with Gasteiger partial charge in [0.15, 0.2) is 9.58 Å². The molecule has 0 fully saturated rings. The fourth-order valence-corrected chi connectivity index (χ4v) is 4.25. The molecule has 0 aliphatic rings. The molecule has 102 valence electrons. The molecule has 0 aliphatic heterocycles. The molecule has 3 rings (SSSR count). The van der Waals surface area contributed by atoms with Crippen molar-refractivity contribution in [2.45, 2.75) is 12.4 Å². The van der Waals surface area contributed by atoms with Crippen molar-refractivity contribution >= 4 is 20.6 Å². The van der Waals surface area contributed by atoms with Gasteiger partial charge in [0.2, 0.25) is 0 Å². The lowest BCUT2D eigenvalue weighted by molar-refractivity contribution is -0.0864. The Labute approximate surface area is 117 Å². The molecule has 0 N–H and O–H groups in total. The largest absolute Gasteiger partial charge is 0.601 e. The lowest BCUT2D eigenvalue weighted by Crippen LogP contribution is -1.96. The van der Waals surface area contributed by atoms with E-state index in [2.05, 4.69) is 0 Å². The van der Waals surface area contributed by atoms with Crippen LogP contribution in [0.25, 0.3) is 20.5 Å². The zero-order valence-electron chi connectivity index (χ0n) is 10.7. The van der Waals surface area contributed by atoms with Crippen molar-refractivity contribution in [1.29, 1.82) is 0 Å². The first-order valence-corrected chi connectivity index (χ1v) is 7.38. The van der Waals surface area contributed by atoms with Crippen molar-refractivity contribution in [3.8, 4) is 10.4 Å². The molecule has 1 unspecified atom stereocenters. The maximum atomic E-state index is 13.4. The first-order valence-electron chi connectivity index (χ1n) is 6.16. The summed E-state index contributed by atoms with van der Waals surface area (Å²) in [6.07, 6.45) is 0. The van der Waals surface area contributed by atoms with Crippen molar-refractivity contribution in [3.63, 3.8) is 0 Å². The minimum atomic E-state index is -4.25. The summed E-state index contributed by atoms with van der Waals surface area (Å²) in [4.78, 5) is 0.360. The number of benzene rings is 2. The molecule has 4 heteroatoms. The predicted octanol–water partition coefficient (Wildman–Crippen LogP) is 6.04. The Balaban J connectivity index is 2.36. The van der Waals surface area contributed by atoms with Gasteiger partial charge in [-0.3, -0.25) is 0 Å². The van der Waals surface area contributed by atoms with Crippen molar-refractivity contribution in [2.24, 2.45) is 0 Å². The lowest BCUT2D eigenvalue weighted by Gasteiger charge is -2.00. The second kappa shape index (κ2) is 4.63. The molecular formula is C16H12F3S+. The second-order valence-corrected chi connectivity index (χ2v) is 6.62. The molecule has 1 aromatic heterocycles. The molecule has 0 amide bonds. The van der Waals surface area contributed by atoms with E-state index in [0.717, 1.165) is 5.56 Å². The molecule has 2 aromatic carbocycles. The molecule has 0 bridgehead atoms. The van der Waals surface area contributed by atoms with Crippen LogP contribution in [0.1, 0.15) is 5.56 Å². The van der Waals surface area contributed by atoms with Crippen LogP contribution >= 0.6 is 10.5 Å². The maximum Gasteiger partial charge on any atom is 0.601 e. The van der Waals surface area contributed by atoms with E-state index in [-0.39, 0.29) is 0 Å². The number of thiophene rings is 1. The first-order chi connectivity index (χ1) is 9.47. The summed E-state index contributed by atoms with van der Waals surface area (Å²) in [6.45, 7) is 1.89. The van der Waals surface area contributed by atoms with Crippen molar-refractivity contribution < 1.29 is 13.2 Å². The van der Waals surface area contributed by atoms with Crippen LogP contribution in [0, 0.1) is 6.92 Å². The fourth-order valence-electron chi connectivity index (χ4n) is 2.34. The number of hydrogen-bond donors (Lipinski definition) is 0. The monoisotopic (exact) mass is 293 g/mol. The van der Waals surface area contributed by atoms with Gasteiger partial charge < -0.3 is 0 Å². The van der Waals surface area contributed by atoms with Crippen molar-refractivity contribution in [2.75, 3.05) is 0 Å². The van der Waals surface area contributed by atoms with Crippen LogP contribution in [-0.2, 0) is 5.51 Å².